The standard InChI is InChI=1S/C12H18N2O4S/c1-8-9(2)19-12(18)14(8)7-4-10(15)13(3)6-5-11(16)17/h4-7H2,1-3H3,(H,16,17). The van der Waals surface area contributed by atoms with E-state index in [1.807, 2.05) is 13.8 Å². The Bertz CT molecular complexity index is 532. The smallest absolute Gasteiger partial charge is 0.307 e. The normalized spacial score (nSPS) is 10.5. The second-order valence-corrected chi connectivity index (χ2v) is 5.54. The van der Waals surface area contributed by atoms with E-state index in [1.54, 1.807) is 11.6 Å². The van der Waals surface area contributed by atoms with Crippen molar-refractivity contribution in [2.45, 2.75) is 33.2 Å². The number of nitrogens with zero attached hydrogens (tertiary/aromatic N) is 2. The number of hydrogen-bond acceptors (Lipinski definition) is 4. The Balaban J connectivity index is 2.54. The predicted molar refractivity (Wildman–Crippen MR) is 72.6 cm³/mol. The highest BCUT2D eigenvalue weighted by molar-refractivity contribution is 7.09. The summed E-state index contributed by atoms with van der Waals surface area (Å²) >= 11 is 1.17. The Kier molecular flexibility index (Phi) is 5.29. The number of carboxylic acids is 1. The third-order valence-corrected chi connectivity index (χ3v) is 4.01. The number of thiazole rings is 1. The van der Waals surface area contributed by atoms with E-state index in [0.717, 1.165) is 10.6 Å². The van der Waals surface area contributed by atoms with Gasteiger partial charge in [0.05, 0.1) is 6.42 Å². The summed E-state index contributed by atoms with van der Waals surface area (Å²) in [5.74, 6) is -1.09. The molecule has 0 unspecified atom stereocenters. The molecule has 0 saturated carbocycles. The predicted octanol–water partition coefficient (Wildman–Crippen LogP) is 0.850. The van der Waals surface area contributed by atoms with Gasteiger partial charge in [0.25, 0.3) is 0 Å². The minimum Gasteiger partial charge on any atom is -0.481 e. The van der Waals surface area contributed by atoms with Gasteiger partial charge in [-0.3, -0.25) is 14.4 Å². The lowest BCUT2D eigenvalue weighted by atomic mass is 10.3. The molecule has 0 spiro atoms. The average molecular weight is 286 g/mol. The maximum absolute atomic E-state index is 11.8. The number of amides is 1. The minimum absolute atomic E-state index is 0.0593. The lowest BCUT2D eigenvalue weighted by Crippen LogP contribution is -2.30. The van der Waals surface area contributed by atoms with Crippen molar-refractivity contribution < 1.29 is 14.7 Å². The molecule has 0 aliphatic rings. The van der Waals surface area contributed by atoms with E-state index in [4.69, 9.17) is 5.11 Å². The van der Waals surface area contributed by atoms with E-state index >= 15 is 0 Å². The highest BCUT2D eigenvalue weighted by atomic mass is 32.1. The summed E-state index contributed by atoms with van der Waals surface area (Å²) in [4.78, 5) is 36.1. The fourth-order valence-corrected chi connectivity index (χ4v) is 2.49. The molecule has 0 saturated heterocycles. The molecule has 1 aromatic rings. The van der Waals surface area contributed by atoms with Crippen molar-refractivity contribution in [1.82, 2.24) is 9.47 Å². The van der Waals surface area contributed by atoms with Crippen LogP contribution in [0.2, 0.25) is 0 Å². The molecular weight excluding hydrogens is 268 g/mol. The molecule has 106 valence electrons. The average Bonchev–Trinajstić information content (AvgIpc) is 2.58. The summed E-state index contributed by atoms with van der Waals surface area (Å²) < 4.78 is 1.59. The molecule has 6 nitrogen and oxygen atoms in total. The van der Waals surface area contributed by atoms with Crippen LogP contribution in [-0.4, -0.2) is 40.0 Å². The van der Waals surface area contributed by atoms with Crippen molar-refractivity contribution in [2.24, 2.45) is 0 Å². The van der Waals surface area contributed by atoms with E-state index in [1.165, 1.54) is 16.2 Å². The molecule has 1 N–H and O–H groups in total. The number of aliphatic carboxylic acids is 1. The van der Waals surface area contributed by atoms with E-state index in [-0.39, 0.29) is 30.2 Å². The van der Waals surface area contributed by atoms with E-state index in [9.17, 15) is 14.4 Å². The fraction of sp³-hybridized carbons (Fsp3) is 0.583. The van der Waals surface area contributed by atoms with E-state index in [0.29, 0.717) is 6.54 Å². The van der Waals surface area contributed by atoms with Crippen LogP contribution in [0.3, 0.4) is 0 Å². The molecule has 19 heavy (non-hydrogen) atoms. The lowest BCUT2D eigenvalue weighted by Gasteiger charge is -2.16. The number of hydrogen-bond donors (Lipinski definition) is 1. The molecule has 0 atom stereocenters. The van der Waals surface area contributed by atoms with Gasteiger partial charge in [-0.05, 0) is 13.8 Å². The molecule has 1 aromatic heterocycles. The lowest BCUT2D eigenvalue weighted by molar-refractivity contribution is -0.138. The molecule has 0 aliphatic carbocycles. The van der Waals surface area contributed by atoms with Gasteiger partial charge in [0.1, 0.15) is 0 Å². The largest absolute Gasteiger partial charge is 0.481 e. The van der Waals surface area contributed by atoms with Crippen LogP contribution in [0.5, 0.6) is 0 Å². The van der Waals surface area contributed by atoms with Gasteiger partial charge >= 0.3 is 10.8 Å². The third kappa shape index (κ3) is 4.20. The van der Waals surface area contributed by atoms with Crippen LogP contribution in [0.1, 0.15) is 23.4 Å². The summed E-state index contributed by atoms with van der Waals surface area (Å²) in [7, 11) is 1.57. The van der Waals surface area contributed by atoms with Crippen molar-refractivity contribution in [3.05, 3.63) is 20.2 Å². The Morgan fingerprint density at radius 3 is 2.42 bits per heavy atom. The molecular formula is C12H18N2O4S. The Hall–Kier alpha value is -1.63. The van der Waals surface area contributed by atoms with E-state index in [2.05, 4.69) is 0 Å². The second kappa shape index (κ2) is 6.51. The third-order valence-electron chi connectivity index (χ3n) is 3.01. The fourth-order valence-electron chi connectivity index (χ4n) is 1.63. The Morgan fingerprint density at radius 2 is 1.95 bits per heavy atom. The molecule has 0 aromatic carbocycles. The maximum Gasteiger partial charge on any atom is 0.307 e. The van der Waals surface area contributed by atoms with Gasteiger partial charge in [0.2, 0.25) is 5.91 Å². The van der Waals surface area contributed by atoms with Crippen LogP contribution in [0, 0.1) is 13.8 Å². The highest BCUT2D eigenvalue weighted by Crippen LogP contribution is 2.10. The SMILES string of the molecule is Cc1sc(=O)n(CCC(=O)N(C)CCC(=O)O)c1C. The summed E-state index contributed by atoms with van der Waals surface area (Å²) in [6, 6.07) is 0. The quantitative estimate of drug-likeness (QED) is 0.840. The Labute approximate surface area is 115 Å². The van der Waals surface area contributed by atoms with Crippen molar-refractivity contribution in [3.63, 3.8) is 0 Å². The Morgan fingerprint density at radius 1 is 1.32 bits per heavy atom. The summed E-state index contributed by atoms with van der Waals surface area (Å²) in [5.41, 5.74) is 0.885. The molecule has 1 amide bonds. The first-order valence-corrected chi connectivity index (χ1v) is 6.77. The first-order valence-electron chi connectivity index (χ1n) is 5.95. The van der Waals surface area contributed by atoms with Gasteiger partial charge in [-0.25, -0.2) is 0 Å². The van der Waals surface area contributed by atoms with Crippen molar-refractivity contribution >= 4 is 23.2 Å². The van der Waals surface area contributed by atoms with Gasteiger partial charge in [0.15, 0.2) is 0 Å². The zero-order valence-electron chi connectivity index (χ0n) is 11.3. The highest BCUT2D eigenvalue weighted by Gasteiger charge is 2.13. The summed E-state index contributed by atoms with van der Waals surface area (Å²) in [5, 5.41) is 8.55. The van der Waals surface area contributed by atoms with Crippen LogP contribution in [0.25, 0.3) is 0 Å². The molecule has 1 rings (SSSR count). The number of aryl methyl sites for hydroxylation is 1. The number of rotatable bonds is 6. The molecule has 7 heteroatoms. The number of carbonyl (C=O) groups excluding carboxylic acids is 1. The maximum atomic E-state index is 11.8. The van der Waals surface area contributed by atoms with Crippen molar-refractivity contribution in [3.8, 4) is 0 Å². The first kappa shape index (κ1) is 15.4. The molecule has 1 heterocycles. The van der Waals surface area contributed by atoms with Gasteiger partial charge in [-0.15, -0.1) is 0 Å². The first-order chi connectivity index (χ1) is 8.82. The molecule has 0 aliphatic heterocycles. The molecule has 0 bridgehead atoms. The van der Waals surface area contributed by atoms with Crippen LogP contribution < -0.4 is 4.87 Å². The molecule has 0 radical (unpaired) electrons. The zero-order valence-corrected chi connectivity index (χ0v) is 12.1. The number of aromatic nitrogens is 1. The number of carbonyl (C=O) groups is 2. The van der Waals surface area contributed by atoms with Crippen molar-refractivity contribution in [1.29, 1.82) is 0 Å². The number of carboxylic acid groups (broad SMARTS) is 1. The summed E-state index contributed by atoms with van der Waals surface area (Å²) in [6.45, 7) is 4.25. The van der Waals surface area contributed by atoms with Crippen LogP contribution in [0.4, 0.5) is 0 Å². The van der Waals surface area contributed by atoms with Gasteiger partial charge in [0, 0.05) is 37.1 Å². The van der Waals surface area contributed by atoms with Gasteiger partial charge < -0.3 is 14.6 Å². The monoisotopic (exact) mass is 286 g/mol. The second-order valence-electron chi connectivity index (χ2n) is 4.37. The van der Waals surface area contributed by atoms with Crippen LogP contribution in [-0.2, 0) is 16.1 Å². The minimum atomic E-state index is -0.930. The van der Waals surface area contributed by atoms with Crippen LogP contribution >= 0.6 is 11.3 Å². The van der Waals surface area contributed by atoms with E-state index < -0.39 is 5.97 Å². The molecule has 0 fully saturated rings. The van der Waals surface area contributed by atoms with Gasteiger partial charge in [-0.1, -0.05) is 11.3 Å². The van der Waals surface area contributed by atoms with Gasteiger partial charge in [-0.2, -0.15) is 0 Å². The topological polar surface area (TPSA) is 79.6 Å². The zero-order chi connectivity index (χ0) is 14.6. The summed E-state index contributed by atoms with van der Waals surface area (Å²) in [6.07, 6.45) is 0.131. The van der Waals surface area contributed by atoms with Crippen LogP contribution in [0.15, 0.2) is 4.79 Å². The van der Waals surface area contributed by atoms with Crippen molar-refractivity contribution in [2.75, 3.05) is 13.6 Å².